The van der Waals surface area contributed by atoms with E-state index in [1.54, 1.807) is 12.1 Å². The summed E-state index contributed by atoms with van der Waals surface area (Å²) in [6.45, 7) is 3.38. The van der Waals surface area contributed by atoms with Gasteiger partial charge >= 0.3 is 0 Å². The van der Waals surface area contributed by atoms with E-state index in [0.29, 0.717) is 18.7 Å². The van der Waals surface area contributed by atoms with Crippen LogP contribution < -0.4 is 10.2 Å². The van der Waals surface area contributed by atoms with Crippen LogP contribution in [0.1, 0.15) is 32.6 Å². The molecule has 1 aromatic rings. The van der Waals surface area contributed by atoms with E-state index in [-0.39, 0.29) is 22.6 Å². The molecule has 1 heterocycles. The van der Waals surface area contributed by atoms with Crippen LogP contribution in [0, 0.1) is 13.7 Å². The molecule has 1 aliphatic rings. The Morgan fingerprint density at radius 1 is 1.55 bits per heavy atom. The molecule has 0 saturated carbocycles. The van der Waals surface area contributed by atoms with Gasteiger partial charge in [0.1, 0.15) is 5.69 Å². The van der Waals surface area contributed by atoms with E-state index in [1.807, 2.05) is 17.9 Å². The van der Waals surface area contributed by atoms with E-state index in [1.165, 1.54) is 0 Å². The molecule has 0 aliphatic carbocycles. The predicted molar refractivity (Wildman–Crippen MR) is 94.1 cm³/mol. The first-order chi connectivity index (χ1) is 10.5. The van der Waals surface area contributed by atoms with Gasteiger partial charge in [-0.2, -0.15) is 0 Å². The maximum absolute atomic E-state index is 11.7. The van der Waals surface area contributed by atoms with E-state index in [4.69, 9.17) is 0 Å². The largest absolute Gasteiger partial charge is 0.364 e. The Kier molecular flexibility index (Phi) is 5.98. The highest BCUT2D eigenvalue weighted by Crippen LogP contribution is 2.31. The van der Waals surface area contributed by atoms with Crippen LogP contribution in [-0.2, 0) is 4.79 Å². The van der Waals surface area contributed by atoms with Crippen LogP contribution in [0.4, 0.5) is 11.4 Å². The third-order valence-electron chi connectivity index (χ3n) is 3.74. The van der Waals surface area contributed by atoms with E-state index in [0.717, 1.165) is 29.4 Å². The number of benzene rings is 1. The van der Waals surface area contributed by atoms with Crippen LogP contribution in [0.25, 0.3) is 0 Å². The molecule has 1 aromatic carbocycles. The molecule has 1 aliphatic heterocycles. The molecule has 0 aromatic heterocycles. The lowest BCUT2D eigenvalue weighted by Crippen LogP contribution is -2.47. The Labute approximate surface area is 143 Å². The molecule has 22 heavy (non-hydrogen) atoms. The van der Waals surface area contributed by atoms with Crippen molar-refractivity contribution >= 4 is 39.9 Å². The van der Waals surface area contributed by atoms with Crippen LogP contribution in [0.15, 0.2) is 18.2 Å². The standard InChI is InChI=1S/C15H20IN3O3/c1-2-4-15(20)17-12-5-3-8-18(10-12)13-7-6-11(16)9-14(13)19(21)22/h6-7,9,12H,2-5,8,10H2,1H3,(H,17,20). The smallest absolute Gasteiger partial charge is 0.293 e. The molecule has 1 unspecified atom stereocenters. The summed E-state index contributed by atoms with van der Waals surface area (Å²) in [6, 6.07) is 5.33. The minimum Gasteiger partial charge on any atom is -0.364 e. The number of hydrogen-bond donors (Lipinski definition) is 1. The Balaban J connectivity index is 2.12. The van der Waals surface area contributed by atoms with Crippen LogP contribution >= 0.6 is 22.6 Å². The number of nitrogens with zero attached hydrogens (tertiary/aromatic N) is 2. The highest BCUT2D eigenvalue weighted by atomic mass is 127. The monoisotopic (exact) mass is 417 g/mol. The second kappa shape index (κ2) is 7.75. The Morgan fingerprint density at radius 3 is 3.00 bits per heavy atom. The number of nitro benzene ring substituents is 1. The summed E-state index contributed by atoms with van der Waals surface area (Å²) in [5, 5.41) is 14.3. The van der Waals surface area contributed by atoms with Crippen molar-refractivity contribution in [2.45, 2.75) is 38.6 Å². The number of nitro groups is 1. The molecule has 1 atom stereocenters. The molecule has 2 rings (SSSR count). The number of anilines is 1. The fourth-order valence-corrected chi connectivity index (χ4v) is 3.23. The Hall–Kier alpha value is -1.38. The number of carbonyl (C=O) groups is 1. The highest BCUT2D eigenvalue weighted by Gasteiger charge is 2.26. The number of piperidine rings is 1. The van der Waals surface area contributed by atoms with Crippen molar-refractivity contribution in [2.24, 2.45) is 0 Å². The van der Waals surface area contributed by atoms with E-state index in [9.17, 15) is 14.9 Å². The number of halogens is 1. The van der Waals surface area contributed by atoms with Gasteiger partial charge in [0, 0.05) is 35.2 Å². The lowest BCUT2D eigenvalue weighted by atomic mass is 10.0. The molecule has 120 valence electrons. The van der Waals surface area contributed by atoms with Crippen LogP contribution in [-0.4, -0.2) is 30.0 Å². The Bertz CT molecular complexity index is 565. The number of rotatable bonds is 5. The van der Waals surface area contributed by atoms with E-state index in [2.05, 4.69) is 27.9 Å². The van der Waals surface area contributed by atoms with Gasteiger partial charge in [-0.25, -0.2) is 0 Å². The van der Waals surface area contributed by atoms with Gasteiger partial charge in [0.15, 0.2) is 0 Å². The quantitative estimate of drug-likeness (QED) is 0.454. The number of amides is 1. The van der Waals surface area contributed by atoms with Crippen molar-refractivity contribution in [2.75, 3.05) is 18.0 Å². The van der Waals surface area contributed by atoms with Crippen LogP contribution in [0.3, 0.4) is 0 Å². The first-order valence-electron chi connectivity index (χ1n) is 7.49. The normalized spacial score (nSPS) is 18.1. The SMILES string of the molecule is CCCC(=O)NC1CCCN(c2ccc(I)cc2[N+](=O)[O-])C1. The van der Waals surface area contributed by atoms with Gasteiger partial charge in [0.05, 0.1) is 4.92 Å². The molecule has 1 amide bonds. The van der Waals surface area contributed by atoms with E-state index < -0.39 is 0 Å². The topological polar surface area (TPSA) is 75.5 Å². The van der Waals surface area contributed by atoms with Gasteiger partial charge in [-0.1, -0.05) is 6.92 Å². The summed E-state index contributed by atoms with van der Waals surface area (Å²) in [6.07, 6.45) is 3.19. The molecule has 0 bridgehead atoms. The number of hydrogen-bond acceptors (Lipinski definition) is 4. The van der Waals surface area contributed by atoms with Crippen LogP contribution in [0.5, 0.6) is 0 Å². The van der Waals surface area contributed by atoms with Crippen molar-refractivity contribution in [1.82, 2.24) is 5.32 Å². The van der Waals surface area contributed by atoms with Gasteiger partial charge in [-0.05, 0) is 54.0 Å². The van der Waals surface area contributed by atoms with Gasteiger partial charge in [-0.15, -0.1) is 0 Å². The number of carbonyl (C=O) groups excluding carboxylic acids is 1. The molecule has 0 spiro atoms. The third kappa shape index (κ3) is 4.31. The molecular weight excluding hydrogens is 397 g/mol. The molecule has 0 radical (unpaired) electrons. The highest BCUT2D eigenvalue weighted by molar-refractivity contribution is 14.1. The Morgan fingerprint density at radius 2 is 2.32 bits per heavy atom. The van der Waals surface area contributed by atoms with Crippen molar-refractivity contribution < 1.29 is 9.72 Å². The number of nitrogens with one attached hydrogen (secondary N) is 1. The first kappa shape index (κ1) is 17.0. The molecule has 1 fully saturated rings. The summed E-state index contributed by atoms with van der Waals surface area (Å²) in [4.78, 5) is 24.7. The zero-order valence-corrected chi connectivity index (χ0v) is 14.7. The molecule has 7 heteroatoms. The maximum Gasteiger partial charge on any atom is 0.293 e. The summed E-state index contributed by atoms with van der Waals surface area (Å²) in [5.41, 5.74) is 0.771. The lowest BCUT2D eigenvalue weighted by Gasteiger charge is -2.34. The fraction of sp³-hybridized carbons (Fsp3) is 0.533. The molecule has 6 nitrogen and oxygen atoms in total. The maximum atomic E-state index is 11.7. The van der Waals surface area contributed by atoms with Gasteiger partial charge in [-0.3, -0.25) is 14.9 Å². The minimum atomic E-state index is -0.337. The molecule has 1 N–H and O–H groups in total. The second-order valence-corrected chi connectivity index (χ2v) is 6.74. The zero-order chi connectivity index (χ0) is 16.1. The summed E-state index contributed by atoms with van der Waals surface area (Å²) >= 11 is 2.08. The second-order valence-electron chi connectivity index (χ2n) is 5.49. The van der Waals surface area contributed by atoms with Crippen molar-refractivity contribution in [3.05, 3.63) is 31.9 Å². The van der Waals surface area contributed by atoms with Crippen molar-refractivity contribution in [3.8, 4) is 0 Å². The third-order valence-corrected chi connectivity index (χ3v) is 4.41. The summed E-state index contributed by atoms with van der Waals surface area (Å²) < 4.78 is 0.845. The summed E-state index contributed by atoms with van der Waals surface area (Å²) in [7, 11) is 0. The predicted octanol–water partition coefficient (Wildman–Crippen LogP) is 3.08. The fourth-order valence-electron chi connectivity index (χ4n) is 2.75. The average Bonchev–Trinajstić information content (AvgIpc) is 2.47. The van der Waals surface area contributed by atoms with Crippen molar-refractivity contribution in [1.29, 1.82) is 0 Å². The first-order valence-corrected chi connectivity index (χ1v) is 8.57. The van der Waals surface area contributed by atoms with Crippen LogP contribution in [0.2, 0.25) is 0 Å². The molecular formula is C15H20IN3O3. The lowest BCUT2D eigenvalue weighted by molar-refractivity contribution is -0.384. The van der Waals surface area contributed by atoms with E-state index >= 15 is 0 Å². The van der Waals surface area contributed by atoms with Crippen molar-refractivity contribution in [3.63, 3.8) is 0 Å². The zero-order valence-electron chi connectivity index (χ0n) is 12.5. The summed E-state index contributed by atoms with van der Waals surface area (Å²) in [5.74, 6) is 0.0615. The van der Waals surface area contributed by atoms with Gasteiger partial charge in [0.2, 0.25) is 5.91 Å². The minimum absolute atomic E-state index is 0.0615. The van der Waals surface area contributed by atoms with Gasteiger partial charge < -0.3 is 10.2 Å². The van der Waals surface area contributed by atoms with Gasteiger partial charge in [0.25, 0.3) is 5.69 Å². The average molecular weight is 417 g/mol. The molecule has 1 saturated heterocycles.